The number of rotatable bonds is 3. The van der Waals surface area contributed by atoms with Crippen LogP contribution in [-0.2, 0) is 13.1 Å². The van der Waals surface area contributed by atoms with Gasteiger partial charge in [-0.05, 0) is 66.1 Å². The van der Waals surface area contributed by atoms with Crippen molar-refractivity contribution in [3.63, 3.8) is 0 Å². The van der Waals surface area contributed by atoms with Crippen molar-refractivity contribution >= 4 is 22.8 Å². The number of fused-ring (bicyclic) bond motifs is 2. The van der Waals surface area contributed by atoms with Crippen molar-refractivity contribution in [1.82, 2.24) is 9.72 Å². The number of hydrogen-bond donors (Lipinski definition) is 2. The van der Waals surface area contributed by atoms with E-state index in [0.717, 1.165) is 48.1 Å². The highest BCUT2D eigenvalue weighted by molar-refractivity contribution is 7.15. The van der Waals surface area contributed by atoms with Gasteiger partial charge < -0.3 is 10.4 Å². The van der Waals surface area contributed by atoms with Crippen LogP contribution in [0.25, 0.3) is 16.0 Å². The Morgan fingerprint density at radius 2 is 2.12 bits per heavy atom. The first-order chi connectivity index (χ1) is 12.5. The Balaban J connectivity index is 1.79. The van der Waals surface area contributed by atoms with Gasteiger partial charge in [-0.25, -0.2) is 4.79 Å². The molecule has 2 aliphatic rings. The fourth-order valence-electron chi connectivity index (χ4n) is 3.93. The van der Waals surface area contributed by atoms with Crippen molar-refractivity contribution in [2.45, 2.75) is 38.8 Å². The van der Waals surface area contributed by atoms with E-state index >= 15 is 0 Å². The van der Waals surface area contributed by atoms with Gasteiger partial charge >= 0.3 is 5.97 Å². The molecule has 0 unspecified atom stereocenters. The van der Waals surface area contributed by atoms with E-state index in [1.807, 2.05) is 13.0 Å². The van der Waals surface area contributed by atoms with Crippen molar-refractivity contribution in [3.8, 4) is 10.4 Å². The van der Waals surface area contributed by atoms with Gasteiger partial charge in [0.05, 0.1) is 5.52 Å². The lowest BCUT2D eigenvalue weighted by molar-refractivity contribution is 0.0694. The molecule has 132 valence electrons. The molecule has 5 rings (SSSR count). The minimum atomic E-state index is -1.16. The lowest BCUT2D eigenvalue weighted by atomic mass is 9.99. The van der Waals surface area contributed by atoms with Gasteiger partial charge in [0.15, 0.2) is 0 Å². The van der Waals surface area contributed by atoms with Crippen molar-refractivity contribution in [2.24, 2.45) is 0 Å². The van der Waals surface area contributed by atoms with Crippen LogP contribution < -0.4 is 10.9 Å². The Labute approximate surface area is 153 Å². The predicted molar refractivity (Wildman–Crippen MR) is 101 cm³/mol. The zero-order valence-electron chi connectivity index (χ0n) is 14.3. The van der Waals surface area contributed by atoms with Gasteiger partial charge in [0.2, 0.25) is 0 Å². The van der Waals surface area contributed by atoms with E-state index in [4.69, 9.17) is 0 Å². The van der Waals surface area contributed by atoms with Gasteiger partial charge in [0, 0.05) is 29.0 Å². The number of nitrogens with one attached hydrogen (secondary N) is 1. The molecule has 1 fully saturated rings. The second-order valence-electron chi connectivity index (χ2n) is 7.13. The van der Waals surface area contributed by atoms with E-state index in [0.29, 0.717) is 5.92 Å². The standard InChI is InChI=1S/C20H18N2O3S/c1-10-13(16-6-12-8-21-9-17(12)26-16)4-5-22-18(10)14(11-2-3-11)7-15(19(22)23)20(24)25/h4-7,11,21H,2-3,8-9H2,1H3,(H,24,25). The maximum atomic E-state index is 12.7. The first-order valence-electron chi connectivity index (χ1n) is 8.79. The third kappa shape index (κ3) is 2.26. The third-order valence-electron chi connectivity index (χ3n) is 5.42. The van der Waals surface area contributed by atoms with Crippen LogP contribution >= 0.6 is 11.3 Å². The number of aromatic carboxylic acids is 1. The van der Waals surface area contributed by atoms with Gasteiger partial charge in [-0.1, -0.05) is 0 Å². The molecule has 0 saturated heterocycles. The molecule has 0 bridgehead atoms. The van der Waals surface area contributed by atoms with E-state index in [9.17, 15) is 14.7 Å². The van der Waals surface area contributed by atoms with Crippen molar-refractivity contribution in [2.75, 3.05) is 0 Å². The topological polar surface area (TPSA) is 70.8 Å². The summed E-state index contributed by atoms with van der Waals surface area (Å²) in [6.45, 7) is 3.87. The first kappa shape index (κ1) is 15.8. The monoisotopic (exact) mass is 366 g/mol. The molecule has 26 heavy (non-hydrogen) atoms. The number of thiophene rings is 1. The highest BCUT2D eigenvalue weighted by Crippen LogP contribution is 2.44. The SMILES string of the molecule is Cc1c(-c2cc3c(s2)CNC3)ccn2c(=O)c(C(=O)O)cc(C3CC3)c12. The molecule has 3 aromatic heterocycles. The molecule has 4 heterocycles. The fourth-order valence-corrected chi connectivity index (χ4v) is 5.17. The molecule has 3 aromatic rings. The van der Waals surface area contributed by atoms with Crippen LogP contribution in [-0.4, -0.2) is 15.5 Å². The summed E-state index contributed by atoms with van der Waals surface area (Å²) in [5, 5.41) is 12.8. The minimum absolute atomic E-state index is 0.141. The number of carboxylic acid groups (broad SMARTS) is 1. The molecule has 0 amide bonds. The maximum absolute atomic E-state index is 12.7. The van der Waals surface area contributed by atoms with Crippen LogP contribution in [0, 0.1) is 6.92 Å². The summed E-state index contributed by atoms with van der Waals surface area (Å²) in [6.07, 6.45) is 3.84. The maximum Gasteiger partial charge on any atom is 0.341 e. The van der Waals surface area contributed by atoms with Crippen LogP contribution in [0.3, 0.4) is 0 Å². The Bertz CT molecular complexity index is 1120. The second-order valence-corrected chi connectivity index (χ2v) is 8.27. The summed E-state index contributed by atoms with van der Waals surface area (Å²) in [5.74, 6) is -0.801. The molecule has 0 aromatic carbocycles. The normalized spacial score (nSPS) is 16.2. The number of aromatic nitrogens is 1. The molecule has 1 aliphatic carbocycles. The third-order valence-corrected chi connectivity index (χ3v) is 6.63. The zero-order chi connectivity index (χ0) is 18.0. The Morgan fingerprint density at radius 1 is 1.31 bits per heavy atom. The van der Waals surface area contributed by atoms with E-state index in [2.05, 4.69) is 11.4 Å². The second kappa shape index (κ2) is 5.53. The van der Waals surface area contributed by atoms with Gasteiger partial charge in [0.1, 0.15) is 5.56 Å². The first-order valence-corrected chi connectivity index (χ1v) is 9.61. The van der Waals surface area contributed by atoms with Crippen LogP contribution in [0.5, 0.6) is 0 Å². The van der Waals surface area contributed by atoms with Crippen molar-refractivity contribution in [3.05, 3.63) is 61.9 Å². The van der Waals surface area contributed by atoms with Gasteiger partial charge in [0.25, 0.3) is 5.56 Å². The summed E-state index contributed by atoms with van der Waals surface area (Å²) < 4.78 is 1.53. The Morgan fingerprint density at radius 3 is 2.81 bits per heavy atom. The minimum Gasteiger partial charge on any atom is -0.477 e. The summed E-state index contributed by atoms with van der Waals surface area (Å²) in [5.41, 5.74) is 4.82. The summed E-state index contributed by atoms with van der Waals surface area (Å²) in [7, 11) is 0. The number of nitrogens with zero attached hydrogens (tertiary/aromatic N) is 1. The van der Waals surface area contributed by atoms with E-state index in [-0.39, 0.29) is 5.56 Å². The molecule has 1 saturated carbocycles. The molecule has 6 heteroatoms. The summed E-state index contributed by atoms with van der Waals surface area (Å²) in [6, 6.07) is 5.78. The average molecular weight is 366 g/mol. The van der Waals surface area contributed by atoms with Gasteiger partial charge in [-0.2, -0.15) is 0 Å². The van der Waals surface area contributed by atoms with E-state index in [1.165, 1.54) is 19.7 Å². The molecule has 0 atom stereocenters. The lowest BCUT2D eigenvalue weighted by Crippen LogP contribution is -2.23. The molecular formula is C20H18N2O3S. The lowest BCUT2D eigenvalue weighted by Gasteiger charge is -2.14. The van der Waals surface area contributed by atoms with Gasteiger partial charge in [-0.15, -0.1) is 11.3 Å². The van der Waals surface area contributed by atoms with Crippen LogP contribution in [0.15, 0.2) is 29.2 Å². The van der Waals surface area contributed by atoms with Crippen LogP contribution in [0.4, 0.5) is 0 Å². The van der Waals surface area contributed by atoms with Crippen LogP contribution in [0.1, 0.15) is 50.7 Å². The Kier molecular flexibility index (Phi) is 3.36. The predicted octanol–water partition coefficient (Wildman–Crippen LogP) is 3.52. The number of carbonyl (C=O) groups is 1. The number of aryl methyl sites for hydroxylation is 1. The van der Waals surface area contributed by atoms with E-state index in [1.54, 1.807) is 23.6 Å². The van der Waals surface area contributed by atoms with Crippen LogP contribution in [0.2, 0.25) is 0 Å². The molecule has 2 N–H and O–H groups in total. The summed E-state index contributed by atoms with van der Waals surface area (Å²) >= 11 is 1.80. The molecular weight excluding hydrogens is 348 g/mol. The average Bonchev–Trinajstić information content (AvgIpc) is 3.22. The van der Waals surface area contributed by atoms with Gasteiger partial charge in [-0.3, -0.25) is 9.20 Å². The highest BCUT2D eigenvalue weighted by atomic mass is 32.1. The fraction of sp³-hybridized carbons (Fsp3) is 0.300. The van der Waals surface area contributed by atoms with Crippen molar-refractivity contribution < 1.29 is 9.90 Å². The van der Waals surface area contributed by atoms with E-state index < -0.39 is 11.5 Å². The molecule has 5 nitrogen and oxygen atoms in total. The largest absolute Gasteiger partial charge is 0.477 e. The number of hydrogen-bond acceptors (Lipinski definition) is 4. The molecule has 0 radical (unpaired) electrons. The quantitative estimate of drug-likeness (QED) is 0.744. The number of pyridine rings is 2. The summed E-state index contributed by atoms with van der Waals surface area (Å²) in [4.78, 5) is 26.7. The highest BCUT2D eigenvalue weighted by Gasteiger charge is 2.29. The Hall–Kier alpha value is -2.44. The molecule has 1 aliphatic heterocycles. The zero-order valence-corrected chi connectivity index (χ0v) is 15.2. The smallest absolute Gasteiger partial charge is 0.341 e. The number of carboxylic acids is 1. The van der Waals surface area contributed by atoms with Crippen molar-refractivity contribution in [1.29, 1.82) is 0 Å². The molecule has 0 spiro atoms.